The molecule has 1 atom stereocenters. The van der Waals surface area contributed by atoms with E-state index in [4.69, 9.17) is 4.42 Å². The van der Waals surface area contributed by atoms with Gasteiger partial charge in [-0.3, -0.25) is 9.69 Å². The predicted molar refractivity (Wildman–Crippen MR) is 112 cm³/mol. The third-order valence-corrected chi connectivity index (χ3v) is 6.88. The van der Waals surface area contributed by atoms with E-state index in [0.29, 0.717) is 5.76 Å². The molecule has 0 bridgehead atoms. The molecule has 4 nitrogen and oxygen atoms in total. The lowest BCUT2D eigenvalue weighted by atomic mass is 9.94. The van der Waals surface area contributed by atoms with Crippen molar-refractivity contribution in [3.63, 3.8) is 0 Å². The van der Waals surface area contributed by atoms with Gasteiger partial charge < -0.3 is 9.73 Å². The maximum absolute atomic E-state index is 12.6. The largest absolute Gasteiger partial charge is 0.459 e. The van der Waals surface area contributed by atoms with E-state index in [1.54, 1.807) is 34.8 Å². The monoisotopic (exact) mass is 400 g/mol. The number of likely N-dealkylation sites (tertiary alicyclic amines) is 1. The molecule has 6 heteroatoms. The quantitative estimate of drug-likeness (QED) is 0.590. The number of nitrogens with zero attached hydrogens (tertiary/aromatic N) is 1. The number of nitrogens with one attached hydrogen (secondary N) is 1. The number of aryl methyl sites for hydroxylation is 1. The van der Waals surface area contributed by atoms with Gasteiger partial charge in [0, 0.05) is 10.4 Å². The average Bonchev–Trinajstić information content (AvgIpc) is 3.40. The van der Waals surface area contributed by atoms with Crippen LogP contribution in [0.4, 0.5) is 5.00 Å². The van der Waals surface area contributed by atoms with Gasteiger partial charge in [0.15, 0.2) is 5.76 Å². The van der Waals surface area contributed by atoms with Crippen LogP contribution in [0.2, 0.25) is 0 Å². The zero-order valence-electron chi connectivity index (χ0n) is 15.6. The van der Waals surface area contributed by atoms with E-state index in [0.717, 1.165) is 24.0 Å². The number of rotatable bonds is 5. The summed E-state index contributed by atoms with van der Waals surface area (Å²) >= 11 is 3.36. The number of piperidine rings is 1. The Morgan fingerprint density at radius 1 is 1.33 bits per heavy atom. The first-order valence-corrected chi connectivity index (χ1v) is 11.1. The molecule has 27 heavy (non-hydrogen) atoms. The zero-order valence-corrected chi connectivity index (χ0v) is 17.2. The van der Waals surface area contributed by atoms with Crippen LogP contribution in [-0.4, -0.2) is 23.9 Å². The number of thiophene rings is 2. The van der Waals surface area contributed by atoms with E-state index in [2.05, 4.69) is 47.0 Å². The van der Waals surface area contributed by atoms with E-state index in [-0.39, 0.29) is 11.9 Å². The molecule has 3 aromatic rings. The summed E-state index contributed by atoms with van der Waals surface area (Å²) in [5, 5.41) is 8.37. The smallest absolute Gasteiger partial charge is 0.291 e. The van der Waals surface area contributed by atoms with Crippen molar-refractivity contribution in [3.05, 3.63) is 63.1 Å². The molecular formula is C21H24N2O2S2. The number of furan rings is 1. The Balaban J connectivity index is 1.67. The molecule has 1 fully saturated rings. The second-order valence-electron chi connectivity index (χ2n) is 7.25. The summed E-state index contributed by atoms with van der Waals surface area (Å²) in [6.45, 7) is 6.60. The van der Waals surface area contributed by atoms with Gasteiger partial charge in [-0.15, -0.1) is 11.3 Å². The molecule has 142 valence electrons. The summed E-state index contributed by atoms with van der Waals surface area (Å²) in [5.41, 5.74) is 2.49. The van der Waals surface area contributed by atoms with Crippen LogP contribution in [0.25, 0.3) is 0 Å². The van der Waals surface area contributed by atoms with Gasteiger partial charge in [0.2, 0.25) is 0 Å². The lowest BCUT2D eigenvalue weighted by Gasteiger charge is -2.37. The fraction of sp³-hybridized carbons (Fsp3) is 0.381. The number of hydrogen-bond acceptors (Lipinski definition) is 5. The van der Waals surface area contributed by atoms with Gasteiger partial charge >= 0.3 is 0 Å². The Morgan fingerprint density at radius 2 is 2.15 bits per heavy atom. The number of hydrogen-bond donors (Lipinski definition) is 1. The molecule has 0 radical (unpaired) electrons. The third kappa shape index (κ3) is 4.03. The average molecular weight is 401 g/mol. The SMILES string of the molecule is Cc1cc(C(c2ccsc2)N2CCC(C)CC2)c(NC(=O)c2ccco2)s1. The highest BCUT2D eigenvalue weighted by atomic mass is 32.1. The molecule has 3 aromatic heterocycles. The van der Waals surface area contributed by atoms with E-state index >= 15 is 0 Å². The van der Waals surface area contributed by atoms with Crippen molar-refractivity contribution >= 4 is 33.6 Å². The lowest BCUT2D eigenvalue weighted by Crippen LogP contribution is -2.36. The summed E-state index contributed by atoms with van der Waals surface area (Å²) in [4.78, 5) is 16.3. The van der Waals surface area contributed by atoms with E-state index in [1.807, 2.05) is 0 Å². The zero-order chi connectivity index (χ0) is 18.8. The highest BCUT2D eigenvalue weighted by molar-refractivity contribution is 7.16. The molecule has 0 saturated carbocycles. The Morgan fingerprint density at radius 3 is 2.81 bits per heavy atom. The van der Waals surface area contributed by atoms with Crippen LogP contribution in [0.15, 0.2) is 45.7 Å². The molecule has 1 aliphatic heterocycles. The van der Waals surface area contributed by atoms with Gasteiger partial charge in [-0.1, -0.05) is 6.92 Å². The van der Waals surface area contributed by atoms with Crippen LogP contribution in [0, 0.1) is 12.8 Å². The van der Waals surface area contributed by atoms with E-state index in [9.17, 15) is 4.79 Å². The minimum atomic E-state index is -0.195. The number of amides is 1. The highest BCUT2D eigenvalue weighted by Crippen LogP contribution is 2.41. The summed E-state index contributed by atoms with van der Waals surface area (Å²) < 4.78 is 5.26. The topological polar surface area (TPSA) is 45.5 Å². The van der Waals surface area contributed by atoms with Crippen LogP contribution < -0.4 is 5.32 Å². The molecule has 0 aromatic carbocycles. The van der Waals surface area contributed by atoms with Gasteiger partial charge in [0.1, 0.15) is 5.00 Å². The number of carbonyl (C=O) groups excluding carboxylic acids is 1. The number of anilines is 1. The van der Waals surface area contributed by atoms with Crippen molar-refractivity contribution in [2.45, 2.75) is 32.7 Å². The summed E-state index contributed by atoms with van der Waals surface area (Å²) in [7, 11) is 0. The van der Waals surface area contributed by atoms with Crippen LogP contribution in [0.3, 0.4) is 0 Å². The van der Waals surface area contributed by atoms with Gasteiger partial charge in [0.05, 0.1) is 12.3 Å². The molecule has 1 unspecified atom stereocenters. The van der Waals surface area contributed by atoms with Crippen molar-refractivity contribution < 1.29 is 9.21 Å². The van der Waals surface area contributed by atoms with Crippen molar-refractivity contribution in [1.82, 2.24) is 4.90 Å². The predicted octanol–water partition coefficient (Wildman–Crippen LogP) is 5.78. The Hall–Kier alpha value is -1.89. The van der Waals surface area contributed by atoms with Gasteiger partial charge in [0.25, 0.3) is 5.91 Å². The normalized spacial score (nSPS) is 17.1. The summed E-state index contributed by atoms with van der Waals surface area (Å²) in [5.74, 6) is 0.928. The van der Waals surface area contributed by atoms with Gasteiger partial charge in [-0.05, 0) is 79.4 Å². The Bertz CT molecular complexity index is 876. The Labute approximate surface area is 167 Å². The highest BCUT2D eigenvalue weighted by Gasteiger charge is 2.29. The molecule has 1 N–H and O–H groups in total. The van der Waals surface area contributed by atoms with Crippen LogP contribution in [0.5, 0.6) is 0 Å². The second kappa shape index (κ2) is 8.00. The fourth-order valence-electron chi connectivity index (χ4n) is 3.71. The van der Waals surface area contributed by atoms with Gasteiger partial charge in [-0.25, -0.2) is 0 Å². The molecular weight excluding hydrogens is 376 g/mol. The molecule has 0 aliphatic carbocycles. The first-order chi connectivity index (χ1) is 13.1. The van der Waals surface area contributed by atoms with Crippen LogP contribution >= 0.6 is 22.7 Å². The van der Waals surface area contributed by atoms with Crippen LogP contribution in [-0.2, 0) is 0 Å². The minimum Gasteiger partial charge on any atom is -0.459 e. The van der Waals surface area contributed by atoms with Crippen molar-refractivity contribution in [3.8, 4) is 0 Å². The number of carbonyl (C=O) groups is 1. The molecule has 4 rings (SSSR count). The van der Waals surface area contributed by atoms with Crippen molar-refractivity contribution in [2.75, 3.05) is 18.4 Å². The molecule has 0 spiro atoms. The van der Waals surface area contributed by atoms with Crippen molar-refractivity contribution in [2.24, 2.45) is 5.92 Å². The fourth-order valence-corrected chi connectivity index (χ4v) is 5.33. The first-order valence-electron chi connectivity index (χ1n) is 9.33. The third-order valence-electron chi connectivity index (χ3n) is 5.19. The lowest BCUT2D eigenvalue weighted by molar-refractivity contribution is 0.0996. The maximum atomic E-state index is 12.6. The maximum Gasteiger partial charge on any atom is 0.291 e. The summed E-state index contributed by atoms with van der Waals surface area (Å²) in [6, 6.07) is 8.04. The molecule has 1 amide bonds. The van der Waals surface area contributed by atoms with Crippen LogP contribution in [0.1, 0.15) is 52.4 Å². The minimum absolute atomic E-state index is 0.181. The molecule has 1 saturated heterocycles. The first kappa shape index (κ1) is 18.5. The second-order valence-corrected chi connectivity index (χ2v) is 9.29. The Kier molecular flexibility index (Phi) is 5.48. The summed E-state index contributed by atoms with van der Waals surface area (Å²) in [6.07, 6.45) is 3.97. The molecule has 4 heterocycles. The van der Waals surface area contributed by atoms with E-state index in [1.165, 1.54) is 35.1 Å². The van der Waals surface area contributed by atoms with E-state index < -0.39 is 0 Å². The van der Waals surface area contributed by atoms with Gasteiger partial charge in [-0.2, -0.15) is 11.3 Å². The molecule has 1 aliphatic rings. The van der Waals surface area contributed by atoms with Crippen molar-refractivity contribution in [1.29, 1.82) is 0 Å². The standard InChI is InChI=1S/C21H24N2O2S2/c1-14-5-8-23(9-6-14)19(16-7-11-26-13-16)17-12-15(2)27-21(17)22-20(24)18-4-3-10-25-18/h3-4,7,10-14,19H,5-6,8-9H2,1-2H3,(H,22,24).